The van der Waals surface area contributed by atoms with Gasteiger partial charge in [-0.3, -0.25) is 0 Å². The molecule has 1 aliphatic heterocycles. The summed E-state index contributed by atoms with van der Waals surface area (Å²) in [6.07, 6.45) is 4.26. The summed E-state index contributed by atoms with van der Waals surface area (Å²) in [7, 11) is 0. The fraction of sp³-hybridized carbons (Fsp3) is 0.438. The highest BCUT2D eigenvalue weighted by Crippen LogP contribution is 2.19. The first kappa shape index (κ1) is 13.6. The van der Waals surface area contributed by atoms with Crippen LogP contribution in [0.5, 0.6) is 0 Å². The minimum absolute atomic E-state index is 0.636. The molecule has 0 aromatic carbocycles. The van der Waals surface area contributed by atoms with Crippen LogP contribution in [-0.4, -0.2) is 24.1 Å². The van der Waals surface area contributed by atoms with Gasteiger partial charge in [0.2, 0.25) is 0 Å². The molecule has 0 saturated carbocycles. The lowest BCUT2D eigenvalue weighted by Gasteiger charge is -2.33. The Kier molecular flexibility index (Phi) is 4.33. The molecule has 0 spiro atoms. The SMILES string of the molecule is Cc1ccc(CNC2CCN(c3ccccn3)CC2)s1. The van der Waals surface area contributed by atoms with E-state index in [0.717, 1.165) is 25.5 Å². The Hall–Kier alpha value is -1.39. The highest BCUT2D eigenvalue weighted by Gasteiger charge is 2.19. The molecule has 3 heterocycles. The minimum Gasteiger partial charge on any atom is -0.357 e. The number of rotatable bonds is 4. The highest BCUT2D eigenvalue weighted by atomic mass is 32.1. The van der Waals surface area contributed by atoms with Crippen molar-refractivity contribution in [3.8, 4) is 0 Å². The van der Waals surface area contributed by atoms with Gasteiger partial charge in [0.05, 0.1) is 0 Å². The predicted octanol–water partition coefficient (Wildman–Crippen LogP) is 3.21. The maximum atomic E-state index is 4.43. The molecule has 0 amide bonds. The number of thiophene rings is 1. The Balaban J connectivity index is 1.47. The summed E-state index contributed by atoms with van der Waals surface area (Å²) in [5.74, 6) is 1.11. The zero-order valence-electron chi connectivity index (χ0n) is 11.9. The first-order chi connectivity index (χ1) is 9.81. The third-order valence-electron chi connectivity index (χ3n) is 3.83. The van der Waals surface area contributed by atoms with Gasteiger partial charge in [0, 0.05) is 41.6 Å². The number of pyridine rings is 1. The molecule has 20 heavy (non-hydrogen) atoms. The van der Waals surface area contributed by atoms with Gasteiger partial charge in [0.15, 0.2) is 0 Å². The Morgan fingerprint density at radius 3 is 2.75 bits per heavy atom. The van der Waals surface area contributed by atoms with E-state index in [1.165, 1.54) is 22.6 Å². The molecule has 4 heteroatoms. The molecule has 0 bridgehead atoms. The summed E-state index contributed by atoms with van der Waals surface area (Å²) in [6.45, 7) is 5.36. The second kappa shape index (κ2) is 6.37. The van der Waals surface area contributed by atoms with E-state index in [0.29, 0.717) is 6.04 Å². The van der Waals surface area contributed by atoms with Crippen LogP contribution in [0.2, 0.25) is 0 Å². The van der Waals surface area contributed by atoms with E-state index >= 15 is 0 Å². The molecule has 3 nitrogen and oxygen atoms in total. The van der Waals surface area contributed by atoms with Crippen molar-refractivity contribution in [3.63, 3.8) is 0 Å². The largest absolute Gasteiger partial charge is 0.357 e. The van der Waals surface area contributed by atoms with Gasteiger partial charge in [-0.15, -0.1) is 11.3 Å². The molecule has 1 aliphatic rings. The van der Waals surface area contributed by atoms with Crippen molar-refractivity contribution in [2.24, 2.45) is 0 Å². The molecule has 1 fully saturated rings. The van der Waals surface area contributed by atoms with Crippen LogP contribution >= 0.6 is 11.3 Å². The molecule has 3 rings (SSSR count). The molecule has 0 aliphatic carbocycles. The van der Waals surface area contributed by atoms with Crippen LogP contribution in [0.4, 0.5) is 5.82 Å². The highest BCUT2D eigenvalue weighted by molar-refractivity contribution is 7.11. The maximum Gasteiger partial charge on any atom is 0.128 e. The van der Waals surface area contributed by atoms with E-state index in [1.807, 2.05) is 23.6 Å². The molecule has 0 atom stereocenters. The van der Waals surface area contributed by atoms with E-state index in [1.54, 1.807) is 0 Å². The van der Waals surface area contributed by atoms with Gasteiger partial charge in [-0.05, 0) is 44.0 Å². The summed E-state index contributed by atoms with van der Waals surface area (Å²) in [4.78, 5) is 9.65. The van der Waals surface area contributed by atoms with Crippen molar-refractivity contribution in [3.05, 3.63) is 46.3 Å². The van der Waals surface area contributed by atoms with Gasteiger partial charge in [-0.1, -0.05) is 6.07 Å². The van der Waals surface area contributed by atoms with Gasteiger partial charge in [-0.25, -0.2) is 4.98 Å². The standard InChI is InChI=1S/C16H21N3S/c1-13-5-6-15(20-13)12-18-14-7-10-19(11-8-14)16-4-2-3-9-17-16/h2-6,9,14,18H,7-8,10-12H2,1H3. The van der Waals surface area contributed by atoms with Crippen molar-refractivity contribution >= 4 is 17.2 Å². The lowest BCUT2D eigenvalue weighted by Crippen LogP contribution is -2.42. The number of anilines is 1. The maximum absolute atomic E-state index is 4.43. The number of aryl methyl sites for hydroxylation is 1. The van der Waals surface area contributed by atoms with E-state index in [2.05, 4.69) is 46.4 Å². The van der Waals surface area contributed by atoms with Crippen LogP contribution in [0.25, 0.3) is 0 Å². The first-order valence-electron chi connectivity index (χ1n) is 7.26. The van der Waals surface area contributed by atoms with Crippen molar-refractivity contribution < 1.29 is 0 Å². The third-order valence-corrected chi connectivity index (χ3v) is 4.83. The number of nitrogens with zero attached hydrogens (tertiary/aromatic N) is 2. The smallest absolute Gasteiger partial charge is 0.128 e. The van der Waals surface area contributed by atoms with Crippen LogP contribution in [0, 0.1) is 6.92 Å². The zero-order chi connectivity index (χ0) is 13.8. The van der Waals surface area contributed by atoms with Gasteiger partial charge in [0.25, 0.3) is 0 Å². The van der Waals surface area contributed by atoms with E-state index < -0.39 is 0 Å². The zero-order valence-corrected chi connectivity index (χ0v) is 12.7. The summed E-state index contributed by atoms with van der Waals surface area (Å²) in [6, 6.07) is 11.2. The van der Waals surface area contributed by atoms with Gasteiger partial charge in [-0.2, -0.15) is 0 Å². The molecule has 106 valence electrons. The van der Waals surface area contributed by atoms with Crippen LogP contribution < -0.4 is 10.2 Å². The molecule has 1 N–H and O–H groups in total. The van der Waals surface area contributed by atoms with Crippen molar-refractivity contribution in [2.75, 3.05) is 18.0 Å². The van der Waals surface area contributed by atoms with E-state index in [-0.39, 0.29) is 0 Å². The minimum atomic E-state index is 0.636. The summed E-state index contributed by atoms with van der Waals surface area (Å²) >= 11 is 1.89. The second-order valence-corrected chi connectivity index (χ2v) is 6.71. The second-order valence-electron chi connectivity index (χ2n) is 5.34. The van der Waals surface area contributed by atoms with Crippen LogP contribution in [0.15, 0.2) is 36.5 Å². The normalized spacial score (nSPS) is 16.6. The summed E-state index contributed by atoms with van der Waals surface area (Å²) < 4.78 is 0. The van der Waals surface area contributed by atoms with Crippen LogP contribution in [0.1, 0.15) is 22.6 Å². The third kappa shape index (κ3) is 3.38. The van der Waals surface area contributed by atoms with Gasteiger partial charge < -0.3 is 10.2 Å². The number of aromatic nitrogens is 1. The van der Waals surface area contributed by atoms with Crippen molar-refractivity contribution in [2.45, 2.75) is 32.4 Å². The fourth-order valence-electron chi connectivity index (χ4n) is 2.68. The number of piperidine rings is 1. The molecular weight excluding hydrogens is 266 g/mol. The Morgan fingerprint density at radius 2 is 2.10 bits per heavy atom. The fourth-order valence-corrected chi connectivity index (χ4v) is 3.52. The monoisotopic (exact) mass is 287 g/mol. The lowest BCUT2D eigenvalue weighted by atomic mass is 10.1. The van der Waals surface area contributed by atoms with Gasteiger partial charge >= 0.3 is 0 Å². The first-order valence-corrected chi connectivity index (χ1v) is 8.07. The molecular formula is C16H21N3S. The van der Waals surface area contributed by atoms with Crippen LogP contribution in [-0.2, 0) is 6.54 Å². The Morgan fingerprint density at radius 1 is 1.25 bits per heavy atom. The Bertz CT molecular complexity index is 530. The quantitative estimate of drug-likeness (QED) is 0.936. The van der Waals surface area contributed by atoms with Crippen molar-refractivity contribution in [1.82, 2.24) is 10.3 Å². The summed E-state index contributed by atoms with van der Waals surface area (Å²) in [5.41, 5.74) is 0. The molecule has 0 unspecified atom stereocenters. The Labute approximate surface area is 124 Å². The molecule has 2 aromatic heterocycles. The predicted molar refractivity (Wildman–Crippen MR) is 85.4 cm³/mol. The average molecular weight is 287 g/mol. The van der Waals surface area contributed by atoms with Crippen LogP contribution in [0.3, 0.4) is 0 Å². The lowest BCUT2D eigenvalue weighted by molar-refractivity contribution is 0.414. The number of hydrogen-bond acceptors (Lipinski definition) is 4. The van der Waals surface area contributed by atoms with E-state index in [9.17, 15) is 0 Å². The number of hydrogen-bond donors (Lipinski definition) is 1. The number of nitrogens with one attached hydrogen (secondary N) is 1. The average Bonchev–Trinajstić information content (AvgIpc) is 2.92. The summed E-state index contributed by atoms with van der Waals surface area (Å²) in [5, 5.41) is 3.69. The molecule has 0 radical (unpaired) electrons. The van der Waals surface area contributed by atoms with E-state index in [4.69, 9.17) is 0 Å². The topological polar surface area (TPSA) is 28.2 Å². The van der Waals surface area contributed by atoms with Crippen molar-refractivity contribution in [1.29, 1.82) is 0 Å². The molecule has 1 saturated heterocycles. The van der Waals surface area contributed by atoms with Gasteiger partial charge in [0.1, 0.15) is 5.82 Å². The molecule has 2 aromatic rings.